The molecule has 11 nitrogen and oxygen atoms in total. The Morgan fingerprint density at radius 1 is 1.02 bits per heavy atom. The second-order valence-corrected chi connectivity index (χ2v) is 13.9. The van der Waals surface area contributed by atoms with Crippen LogP contribution in [-0.2, 0) is 16.1 Å². The van der Waals surface area contributed by atoms with Crippen LogP contribution >= 0.6 is 23.2 Å². The molecule has 6 rings (SSSR count). The summed E-state index contributed by atoms with van der Waals surface area (Å²) in [7, 11) is 1.45. The average Bonchev–Trinajstić information content (AvgIpc) is 3.52. The van der Waals surface area contributed by atoms with Crippen molar-refractivity contribution in [3.8, 4) is 39.4 Å². The van der Waals surface area contributed by atoms with Crippen molar-refractivity contribution in [2.75, 3.05) is 13.7 Å². The SMILES string of the molecule is COc1nc(-c2cccc(-c3cccc(-c4ccn5c(=O)c(CN(CC6CCC(=O)N6)C(=O)OC(C)(C)C)cnc5c4)c3Cl)c2Cl)ccc1C=O. The van der Waals surface area contributed by atoms with Gasteiger partial charge in [-0.2, -0.15) is 0 Å². The first kappa shape index (κ1) is 35.6. The molecule has 0 bridgehead atoms. The van der Waals surface area contributed by atoms with E-state index >= 15 is 0 Å². The van der Waals surface area contributed by atoms with Crippen molar-refractivity contribution in [2.45, 2.75) is 51.8 Å². The largest absolute Gasteiger partial charge is 0.480 e. The van der Waals surface area contributed by atoms with Crippen molar-refractivity contribution in [3.05, 3.63) is 105 Å². The van der Waals surface area contributed by atoms with Crippen molar-refractivity contribution in [1.82, 2.24) is 24.6 Å². The van der Waals surface area contributed by atoms with Gasteiger partial charge in [0.1, 0.15) is 11.2 Å². The molecule has 0 saturated carbocycles. The number of amides is 2. The van der Waals surface area contributed by atoms with Gasteiger partial charge in [-0.25, -0.2) is 14.8 Å². The summed E-state index contributed by atoms with van der Waals surface area (Å²) < 4.78 is 12.3. The molecule has 0 aliphatic carbocycles. The fourth-order valence-electron chi connectivity index (χ4n) is 5.96. The summed E-state index contributed by atoms with van der Waals surface area (Å²) in [6.45, 7) is 5.45. The number of fused-ring (bicyclic) bond motifs is 1. The van der Waals surface area contributed by atoms with Gasteiger partial charge in [0.2, 0.25) is 11.8 Å². The first-order chi connectivity index (χ1) is 24.4. The molecule has 13 heteroatoms. The number of rotatable bonds is 9. The van der Waals surface area contributed by atoms with Crippen molar-refractivity contribution in [2.24, 2.45) is 0 Å². The molecule has 2 aromatic carbocycles. The molecule has 4 heterocycles. The number of nitrogens with one attached hydrogen (secondary N) is 1. The number of carbonyl (C=O) groups is 3. The van der Waals surface area contributed by atoms with Crippen LogP contribution in [0.5, 0.6) is 5.88 Å². The lowest BCUT2D eigenvalue weighted by Gasteiger charge is -2.29. The molecule has 1 N–H and O–H groups in total. The molecular formula is C38H35Cl2N5O6. The number of halogens is 2. The van der Waals surface area contributed by atoms with E-state index in [1.165, 1.54) is 22.6 Å². The standard InChI is InChI=1S/C38H35Cl2N5O6/c1-38(2,3)51-37(49)44(20-25-12-14-32(47)42-25)19-24-18-41-31-17-22(15-16-45(31)36(24)48)26-7-5-8-27(33(26)39)28-9-6-10-29(34(28)40)30-13-11-23(21-46)35(43-30)50-4/h5-11,13,15-18,21,25H,12,14,19-20H2,1-4H3,(H,42,47). The Balaban J connectivity index is 1.31. The lowest BCUT2D eigenvalue weighted by atomic mass is 9.97. The fourth-order valence-corrected chi connectivity index (χ4v) is 6.62. The van der Waals surface area contributed by atoms with Gasteiger partial charge in [0.25, 0.3) is 5.56 Å². The molecule has 3 aromatic heterocycles. The van der Waals surface area contributed by atoms with Crippen molar-refractivity contribution in [1.29, 1.82) is 0 Å². The third kappa shape index (κ3) is 7.59. The molecule has 51 heavy (non-hydrogen) atoms. The Labute approximate surface area is 304 Å². The minimum Gasteiger partial charge on any atom is -0.480 e. The summed E-state index contributed by atoms with van der Waals surface area (Å²) in [5.74, 6) is 0.120. The van der Waals surface area contributed by atoms with Crippen LogP contribution < -0.4 is 15.6 Å². The van der Waals surface area contributed by atoms with Gasteiger partial charge in [0.05, 0.1) is 40.5 Å². The first-order valence-electron chi connectivity index (χ1n) is 16.2. The second kappa shape index (κ2) is 14.5. The number of pyridine rings is 2. The molecule has 0 radical (unpaired) electrons. The number of hydrogen-bond acceptors (Lipinski definition) is 8. The lowest BCUT2D eigenvalue weighted by molar-refractivity contribution is -0.119. The molecule has 5 aromatic rings. The van der Waals surface area contributed by atoms with Crippen molar-refractivity contribution >= 4 is 47.1 Å². The molecule has 2 amide bonds. The Bertz CT molecular complexity index is 2230. The Morgan fingerprint density at radius 3 is 2.35 bits per heavy atom. The van der Waals surface area contributed by atoms with E-state index in [2.05, 4.69) is 15.3 Å². The molecule has 1 aliphatic heterocycles. The molecular weight excluding hydrogens is 693 g/mol. The van der Waals surface area contributed by atoms with E-state index in [0.29, 0.717) is 68.3 Å². The maximum Gasteiger partial charge on any atom is 0.410 e. The van der Waals surface area contributed by atoms with Gasteiger partial charge in [-0.05, 0) is 57.0 Å². The minimum absolute atomic E-state index is 0.0466. The Kier molecular flexibility index (Phi) is 10.1. The highest BCUT2D eigenvalue weighted by Gasteiger charge is 2.29. The molecule has 1 fully saturated rings. The van der Waals surface area contributed by atoms with Crippen LogP contribution in [0.15, 0.2) is 77.9 Å². The summed E-state index contributed by atoms with van der Waals surface area (Å²) in [4.78, 5) is 60.5. The number of nitrogens with zero attached hydrogens (tertiary/aromatic N) is 4. The van der Waals surface area contributed by atoms with Gasteiger partial charge >= 0.3 is 6.09 Å². The van der Waals surface area contributed by atoms with Crippen LogP contribution in [0.4, 0.5) is 4.79 Å². The zero-order valence-electron chi connectivity index (χ0n) is 28.4. The highest BCUT2D eigenvalue weighted by molar-refractivity contribution is 6.39. The van der Waals surface area contributed by atoms with Gasteiger partial charge in [-0.15, -0.1) is 0 Å². The van der Waals surface area contributed by atoms with E-state index in [1.54, 1.807) is 51.2 Å². The van der Waals surface area contributed by atoms with Gasteiger partial charge < -0.3 is 19.7 Å². The van der Waals surface area contributed by atoms with Gasteiger partial charge in [0.15, 0.2) is 6.29 Å². The molecule has 1 unspecified atom stereocenters. The number of benzene rings is 2. The summed E-state index contributed by atoms with van der Waals surface area (Å²) in [5, 5.41) is 3.73. The van der Waals surface area contributed by atoms with E-state index in [4.69, 9.17) is 32.7 Å². The number of ether oxygens (including phenoxy) is 2. The molecule has 1 atom stereocenters. The van der Waals surface area contributed by atoms with Crippen LogP contribution in [0.2, 0.25) is 10.0 Å². The fraction of sp³-hybridized carbons (Fsp3) is 0.263. The zero-order valence-corrected chi connectivity index (χ0v) is 29.9. The maximum absolute atomic E-state index is 13.7. The summed E-state index contributed by atoms with van der Waals surface area (Å²) >= 11 is 14.0. The summed E-state index contributed by atoms with van der Waals surface area (Å²) in [6.07, 6.45) is 4.14. The molecule has 0 spiro atoms. The second-order valence-electron chi connectivity index (χ2n) is 13.1. The highest BCUT2D eigenvalue weighted by atomic mass is 35.5. The van der Waals surface area contributed by atoms with Crippen LogP contribution in [0.1, 0.15) is 49.5 Å². The maximum atomic E-state index is 13.7. The smallest absolute Gasteiger partial charge is 0.410 e. The lowest BCUT2D eigenvalue weighted by Crippen LogP contribution is -2.44. The first-order valence-corrected chi connectivity index (χ1v) is 17.0. The van der Waals surface area contributed by atoms with Crippen LogP contribution in [0.3, 0.4) is 0 Å². The number of aldehydes is 1. The number of hydrogen-bond donors (Lipinski definition) is 1. The minimum atomic E-state index is -0.746. The summed E-state index contributed by atoms with van der Waals surface area (Å²) in [6, 6.07) is 17.8. The van der Waals surface area contributed by atoms with Crippen LogP contribution in [-0.4, -0.2) is 62.9 Å². The van der Waals surface area contributed by atoms with Gasteiger partial charge in [0, 0.05) is 53.7 Å². The van der Waals surface area contributed by atoms with Crippen LogP contribution in [0, 0.1) is 0 Å². The Hall–Kier alpha value is -5.26. The topological polar surface area (TPSA) is 132 Å². The normalized spacial score (nSPS) is 14.3. The predicted molar refractivity (Wildman–Crippen MR) is 195 cm³/mol. The predicted octanol–water partition coefficient (Wildman–Crippen LogP) is 7.23. The summed E-state index contributed by atoms with van der Waals surface area (Å²) in [5.41, 5.74) is 3.84. The van der Waals surface area contributed by atoms with E-state index in [0.717, 1.165) is 5.56 Å². The van der Waals surface area contributed by atoms with E-state index in [9.17, 15) is 19.2 Å². The number of methoxy groups -OCH3 is 1. The third-order valence-electron chi connectivity index (χ3n) is 8.40. The van der Waals surface area contributed by atoms with E-state index in [1.807, 2.05) is 36.4 Å². The third-order valence-corrected chi connectivity index (χ3v) is 9.22. The van der Waals surface area contributed by atoms with Crippen LogP contribution in [0.25, 0.3) is 39.2 Å². The molecule has 262 valence electrons. The van der Waals surface area contributed by atoms with Crippen molar-refractivity contribution in [3.63, 3.8) is 0 Å². The quantitative estimate of drug-likeness (QED) is 0.157. The number of carbonyl (C=O) groups excluding carboxylic acids is 3. The number of aromatic nitrogens is 3. The van der Waals surface area contributed by atoms with Gasteiger partial charge in [-0.1, -0.05) is 59.6 Å². The monoisotopic (exact) mass is 727 g/mol. The molecule has 1 saturated heterocycles. The van der Waals surface area contributed by atoms with E-state index in [-0.39, 0.29) is 42.0 Å². The highest BCUT2D eigenvalue weighted by Crippen LogP contribution is 2.42. The Morgan fingerprint density at radius 2 is 1.71 bits per heavy atom. The molecule has 1 aliphatic rings. The van der Waals surface area contributed by atoms with E-state index < -0.39 is 11.7 Å². The average molecular weight is 729 g/mol. The van der Waals surface area contributed by atoms with Gasteiger partial charge in [-0.3, -0.25) is 18.8 Å². The zero-order chi connectivity index (χ0) is 36.4. The van der Waals surface area contributed by atoms with Crippen molar-refractivity contribution < 1.29 is 23.9 Å².